The Morgan fingerprint density at radius 1 is 1.33 bits per heavy atom. The zero-order valence-corrected chi connectivity index (χ0v) is 14.7. The van der Waals surface area contributed by atoms with Crippen molar-refractivity contribution in [2.45, 2.75) is 20.4 Å². The molecule has 5 nitrogen and oxygen atoms in total. The lowest BCUT2D eigenvalue weighted by atomic mass is 10.1. The fraction of sp³-hybridized carbons (Fsp3) is 0.556. The van der Waals surface area contributed by atoms with Gasteiger partial charge in [0.2, 0.25) is 0 Å². The third-order valence-corrected chi connectivity index (χ3v) is 4.12. The molecule has 24 heavy (non-hydrogen) atoms. The zero-order chi connectivity index (χ0) is 17.5. The predicted octanol–water partition coefficient (Wildman–Crippen LogP) is 2.05. The fourth-order valence-electron chi connectivity index (χ4n) is 2.94. The minimum atomic E-state index is -0.307. The van der Waals surface area contributed by atoms with Gasteiger partial charge in [-0.1, -0.05) is 13.8 Å². The van der Waals surface area contributed by atoms with E-state index in [4.69, 9.17) is 5.26 Å². The van der Waals surface area contributed by atoms with Crippen LogP contribution in [0.2, 0.25) is 0 Å². The molecule has 1 aliphatic rings. The molecule has 0 atom stereocenters. The summed E-state index contributed by atoms with van der Waals surface area (Å²) >= 11 is 0. The molecule has 130 valence electrons. The van der Waals surface area contributed by atoms with Gasteiger partial charge in [0.25, 0.3) is 0 Å². The molecule has 1 fully saturated rings. The minimum Gasteiger partial charge on any atom is -0.352 e. The van der Waals surface area contributed by atoms with Crippen molar-refractivity contribution in [1.29, 1.82) is 5.26 Å². The first-order valence-corrected chi connectivity index (χ1v) is 8.40. The second-order valence-electron chi connectivity index (χ2n) is 6.50. The first-order chi connectivity index (χ1) is 11.5. The molecule has 0 amide bonds. The lowest BCUT2D eigenvalue weighted by Gasteiger charge is -2.37. The highest BCUT2D eigenvalue weighted by Gasteiger charge is 2.20. The molecule has 1 aromatic carbocycles. The summed E-state index contributed by atoms with van der Waals surface area (Å²) < 4.78 is 13.9. The summed E-state index contributed by atoms with van der Waals surface area (Å²) in [6.07, 6.45) is 0. The fourth-order valence-corrected chi connectivity index (χ4v) is 2.94. The zero-order valence-electron chi connectivity index (χ0n) is 14.7. The Hall–Kier alpha value is -2.13. The van der Waals surface area contributed by atoms with E-state index in [-0.39, 0.29) is 5.82 Å². The number of guanidine groups is 1. The molecular formula is C18H26FN5. The number of rotatable bonds is 4. The molecule has 1 N–H and O–H groups in total. The summed E-state index contributed by atoms with van der Waals surface area (Å²) in [5.41, 5.74) is 0.944. The van der Waals surface area contributed by atoms with Crippen LogP contribution in [0.1, 0.15) is 25.0 Å². The van der Waals surface area contributed by atoms with Gasteiger partial charge in [0.15, 0.2) is 5.96 Å². The number of nitrogens with one attached hydrogen (secondary N) is 1. The Bertz CT molecular complexity index is 612. The van der Waals surface area contributed by atoms with Crippen LogP contribution < -0.4 is 5.32 Å². The SMILES string of the molecule is CN=C(NCc1cc(C#N)ccc1F)N1CCN(CC(C)C)CC1. The summed E-state index contributed by atoms with van der Waals surface area (Å²) in [5, 5.41) is 12.1. The molecule has 0 aliphatic carbocycles. The number of piperazine rings is 1. The van der Waals surface area contributed by atoms with Crippen LogP contribution in [0.25, 0.3) is 0 Å². The molecule has 6 heteroatoms. The number of aliphatic imine (C=N–C) groups is 1. The van der Waals surface area contributed by atoms with Crippen LogP contribution in [0.4, 0.5) is 4.39 Å². The van der Waals surface area contributed by atoms with Crippen molar-refractivity contribution >= 4 is 5.96 Å². The number of hydrogen-bond donors (Lipinski definition) is 1. The first-order valence-electron chi connectivity index (χ1n) is 8.40. The average Bonchev–Trinajstić information content (AvgIpc) is 2.57. The maximum absolute atomic E-state index is 13.9. The molecule has 2 rings (SSSR count). The second-order valence-corrected chi connectivity index (χ2v) is 6.50. The maximum Gasteiger partial charge on any atom is 0.194 e. The molecule has 0 saturated carbocycles. The van der Waals surface area contributed by atoms with Crippen molar-refractivity contribution in [3.05, 3.63) is 35.1 Å². The molecule has 1 saturated heterocycles. The van der Waals surface area contributed by atoms with Gasteiger partial charge in [-0.15, -0.1) is 0 Å². The molecule has 0 spiro atoms. The standard InChI is InChI=1S/C18H26FN5/c1-14(2)13-23-6-8-24(9-7-23)18(21-3)22-12-16-10-15(11-20)4-5-17(16)19/h4-5,10,14H,6-9,12-13H2,1-3H3,(H,21,22). The summed E-state index contributed by atoms with van der Waals surface area (Å²) in [6.45, 7) is 9.74. The Labute approximate surface area is 143 Å². The van der Waals surface area contributed by atoms with Gasteiger partial charge in [-0.25, -0.2) is 4.39 Å². The minimum absolute atomic E-state index is 0.307. The highest BCUT2D eigenvalue weighted by Crippen LogP contribution is 2.11. The van der Waals surface area contributed by atoms with E-state index in [0.29, 0.717) is 23.6 Å². The van der Waals surface area contributed by atoms with Gasteiger partial charge in [0.1, 0.15) is 5.82 Å². The molecule has 1 aliphatic heterocycles. The van der Waals surface area contributed by atoms with Crippen LogP contribution in [0.15, 0.2) is 23.2 Å². The van der Waals surface area contributed by atoms with Crippen LogP contribution in [-0.2, 0) is 6.54 Å². The van der Waals surface area contributed by atoms with Crippen molar-refractivity contribution in [3.8, 4) is 6.07 Å². The molecule has 1 aromatic rings. The summed E-state index contributed by atoms with van der Waals surface area (Å²) in [4.78, 5) is 8.97. The summed E-state index contributed by atoms with van der Waals surface area (Å²) in [5.74, 6) is 1.14. The highest BCUT2D eigenvalue weighted by atomic mass is 19.1. The van der Waals surface area contributed by atoms with Crippen molar-refractivity contribution in [1.82, 2.24) is 15.1 Å². The first kappa shape index (κ1) is 18.2. The lowest BCUT2D eigenvalue weighted by molar-refractivity contribution is 0.164. The Morgan fingerprint density at radius 3 is 2.62 bits per heavy atom. The van der Waals surface area contributed by atoms with Gasteiger partial charge < -0.3 is 10.2 Å². The van der Waals surface area contributed by atoms with Crippen molar-refractivity contribution in [2.24, 2.45) is 10.9 Å². The van der Waals surface area contributed by atoms with E-state index in [0.717, 1.165) is 38.7 Å². The van der Waals surface area contributed by atoms with Gasteiger partial charge >= 0.3 is 0 Å². The lowest BCUT2D eigenvalue weighted by Crippen LogP contribution is -2.52. The number of hydrogen-bond acceptors (Lipinski definition) is 3. The number of benzene rings is 1. The topological polar surface area (TPSA) is 54.7 Å². The van der Waals surface area contributed by atoms with Crippen molar-refractivity contribution in [2.75, 3.05) is 39.8 Å². The van der Waals surface area contributed by atoms with E-state index < -0.39 is 0 Å². The third-order valence-electron chi connectivity index (χ3n) is 4.12. The normalized spacial score (nSPS) is 16.3. The van der Waals surface area contributed by atoms with E-state index >= 15 is 0 Å². The van der Waals surface area contributed by atoms with E-state index in [1.807, 2.05) is 6.07 Å². The van der Waals surface area contributed by atoms with Crippen LogP contribution in [0.5, 0.6) is 0 Å². The van der Waals surface area contributed by atoms with E-state index in [1.54, 1.807) is 13.1 Å². The number of halogens is 1. The summed E-state index contributed by atoms with van der Waals surface area (Å²) in [7, 11) is 1.74. The average molecular weight is 331 g/mol. The summed E-state index contributed by atoms with van der Waals surface area (Å²) in [6, 6.07) is 6.44. The van der Waals surface area contributed by atoms with Crippen molar-refractivity contribution < 1.29 is 4.39 Å². The van der Waals surface area contributed by atoms with Crippen LogP contribution in [0, 0.1) is 23.1 Å². The van der Waals surface area contributed by atoms with Gasteiger partial charge in [-0.2, -0.15) is 5.26 Å². The Balaban J connectivity index is 1.91. The van der Waals surface area contributed by atoms with Crippen LogP contribution >= 0.6 is 0 Å². The van der Waals surface area contributed by atoms with E-state index in [9.17, 15) is 4.39 Å². The largest absolute Gasteiger partial charge is 0.352 e. The van der Waals surface area contributed by atoms with E-state index in [2.05, 4.69) is 34.0 Å². The Morgan fingerprint density at radius 2 is 2.04 bits per heavy atom. The number of nitrogens with zero attached hydrogens (tertiary/aromatic N) is 4. The molecule has 0 bridgehead atoms. The van der Waals surface area contributed by atoms with Gasteiger partial charge in [-0.3, -0.25) is 9.89 Å². The molecular weight excluding hydrogens is 305 g/mol. The molecule has 0 aromatic heterocycles. The maximum atomic E-state index is 13.9. The second kappa shape index (κ2) is 8.65. The Kier molecular flexibility index (Phi) is 6.56. The smallest absolute Gasteiger partial charge is 0.194 e. The van der Waals surface area contributed by atoms with Gasteiger partial charge in [0, 0.05) is 51.9 Å². The van der Waals surface area contributed by atoms with Crippen LogP contribution in [-0.4, -0.2) is 55.5 Å². The van der Waals surface area contributed by atoms with Gasteiger partial charge in [-0.05, 0) is 24.1 Å². The quantitative estimate of drug-likeness (QED) is 0.678. The third kappa shape index (κ3) is 4.93. The highest BCUT2D eigenvalue weighted by molar-refractivity contribution is 5.80. The van der Waals surface area contributed by atoms with Crippen LogP contribution in [0.3, 0.4) is 0 Å². The molecule has 0 unspecified atom stereocenters. The molecule has 1 heterocycles. The number of nitriles is 1. The van der Waals surface area contributed by atoms with Crippen molar-refractivity contribution in [3.63, 3.8) is 0 Å². The van der Waals surface area contributed by atoms with E-state index in [1.165, 1.54) is 12.1 Å². The molecule has 0 radical (unpaired) electrons. The van der Waals surface area contributed by atoms with Gasteiger partial charge in [0.05, 0.1) is 11.6 Å². The predicted molar refractivity (Wildman–Crippen MR) is 94.2 cm³/mol. The monoisotopic (exact) mass is 331 g/mol.